The first-order chi connectivity index (χ1) is 7.70. The number of carboxylic acids is 1. The Balaban J connectivity index is -0.000000245. The predicted molar refractivity (Wildman–Crippen MR) is 44.1 cm³/mol. The summed E-state index contributed by atoms with van der Waals surface area (Å²) in [5, 5.41) is 41.0. The monoisotopic (exact) mass is 274 g/mol. The molecule has 0 bridgehead atoms. The zero-order valence-corrected chi connectivity index (χ0v) is 9.02. The number of hydrogen-bond donors (Lipinski definition) is 6. The van der Waals surface area contributed by atoms with Gasteiger partial charge in [0.05, 0.1) is 6.20 Å². The molecule has 6 N–H and O–H groups in total. The van der Waals surface area contributed by atoms with E-state index in [9.17, 15) is 4.79 Å². The fraction of sp³-hybridized carbons (Fsp3) is 0. The molecule has 91 valence electrons. The maximum atomic E-state index is 10.2. The quantitative estimate of drug-likeness (QED) is 0.313. The van der Waals surface area contributed by atoms with E-state index in [-0.39, 0.29) is 11.4 Å². The van der Waals surface area contributed by atoms with Crippen LogP contribution in [0.15, 0.2) is 18.3 Å². The van der Waals surface area contributed by atoms with Crippen LogP contribution >= 0.6 is 0 Å². The number of aromatic nitrogens is 1. The number of carbonyl (C=O) groups is 1. The first-order valence-corrected chi connectivity index (χ1v) is 3.74. The molecular weight excluding hydrogens is 265 g/mol. The van der Waals surface area contributed by atoms with Gasteiger partial charge >= 0.3 is 27.0 Å². The summed E-state index contributed by atoms with van der Waals surface area (Å²) in [6, 6.07) is 2.51. The Morgan fingerprint density at radius 2 is 1.56 bits per heavy atom. The van der Waals surface area contributed by atoms with Crippen LogP contribution in [0, 0.1) is 0 Å². The molecule has 0 atom stereocenters. The van der Waals surface area contributed by atoms with Crippen LogP contribution < -0.4 is 0 Å². The van der Waals surface area contributed by atoms with E-state index in [2.05, 4.69) is 4.98 Å². The van der Waals surface area contributed by atoms with E-state index in [0.717, 1.165) is 23.6 Å². The second kappa shape index (κ2) is 16.1. The van der Waals surface area contributed by atoms with Gasteiger partial charge in [-0.1, -0.05) is 0 Å². The third-order valence-electron chi connectivity index (χ3n) is 0.967. The molecule has 0 saturated carbocycles. The Labute approximate surface area is 98.3 Å². The third-order valence-corrected chi connectivity index (χ3v) is 0.967. The minimum atomic E-state index is -1.10. The van der Waals surface area contributed by atoms with E-state index in [1.54, 1.807) is 0 Å². The van der Waals surface area contributed by atoms with Crippen molar-refractivity contribution in [3.05, 3.63) is 24.0 Å². The van der Waals surface area contributed by atoms with E-state index in [4.69, 9.17) is 34.9 Å². The van der Waals surface area contributed by atoms with Crippen molar-refractivity contribution >= 4 is 5.97 Å². The second-order valence-corrected chi connectivity index (χ2v) is 1.71. The molecular formula is C6H9NO8V. The zero-order chi connectivity index (χ0) is 13.6. The number of aromatic hydroxyl groups is 1. The van der Waals surface area contributed by atoms with Crippen molar-refractivity contribution in [1.82, 2.24) is 4.98 Å². The summed E-state index contributed by atoms with van der Waals surface area (Å²) in [4.78, 5) is 13.6. The van der Waals surface area contributed by atoms with Gasteiger partial charge in [-0.3, -0.25) is 21.0 Å². The number of aromatic carboxylic acids is 1. The number of hydrogen-bond acceptors (Lipinski definition) is 8. The molecule has 0 radical (unpaired) electrons. The van der Waals surface area contributed by atoms with Crippen molar-refractivity contribution in [3.63, 3.8) is 0 Å². The van der Waals surface area contributed by atoms with Crippen molar-refractivity contribution in [1.29, 1.82) is 0 Å². The molecule has 10 heteroatoms. The van der Waals surface area contributed by atoms with Crippen molar-refractivity contribution in [2.75, 3.05) is 0 Å². The Morgan fingerprint density at radius 3 is 1.81 bits per heavy atom. The van der Waals surface area contributed by atoms with Gasteiger partial charge in [0, 0.05) is 0 Å². The van der Waals surface area contributed by atoms with Crippen LogP contribution in [0.1, 0.15) is 10.5 Å². The van der Waals surface area contributed by atoms with Crippen molar-refractivity contribution in [2.45, 2.75) is 0 Å². The standard InChI is InChI=1S/C6H5NO3.2H2O2.O.V/c8-4-1-2-5(6(9)10)7-3-4;2*1-2;;/h1-3,8H,(H,9,10);2*1-2H;;. The van der Waals surface area contributed by atoms with Crippen LogP contribution in [0.25, 0.3) is 0 Å². The van der Waals surface area contributed by atoms with E-state index in [1.807, 2.05) is 0 Å². The molecule has 0 saturated heterocycles. The molecule has 1 heterocycles. The van der Waals surface area contributed by atoms with Gasteiger partial charge in [-0.25, -0.2) is 9.78 Å². The second-order valence-electron chi connectivity index (χ2n) is 1.71. The average Bonchev–Trinajstić information content (AvgIpc) is 2.37. The Kier molecular flexibility index (Phi) is 20.2. The molecule has 0 aliphatic rings. The molecule has 1 aromatic heterocycles. The van der Waals surface area contributed by atoms with Gasteiger partial charge in [-0.15, -0.1) is 0 Å². The van der Waals surface area contributed by atoms with Gasteiger partial charge in [0.1, 0.15) is 11.4 Å². The summed E-state index contributed by atoms with van der Waals surface area (Å²) < 4.78 is 8.19. The molecule has 0 fully saturated rings. The molecule has 9 nitrogen and oxygen atoms in total. The van der Waals surface area contributed by atoms with Crippen molar-refractivity contribution in [3.8, 4) is 5.75 Å². The number of carboxylic acid groups (broad SMARTS) is 1. The molecule has 0 unspecified atom stereocenters. The molecule has 0 aliphatic carbocycles. The topological polar surface area (TPSA) is 168 Å². The molecule has 0 aromatic carbocycles. The maximum absolute atomic E-state index is 10.2. The van der Waals surface area contributed by atoms with Crippen LogP contribution in [0.2, 0.25) is 0 Å². The Hall–Kier alpha value is -1.36. The summed E-state index contributed by atoms with van der Waals surface area (Å²) in [5.41, 5.74) is -0.0715. The zero-order valence-electron chi connectivity index (χ0n) is 7.63. The van der Waals surface area contributed by atoms with E-state index >= 15 is 0 Å². The minimum absolute atomic E-state index is 0.0370. The van der Waals surface area contributed by atoms with E-state index in [0.29, 0.717) is 0 Å². The van der Waals surface area contributed by atoms with Gasteiger partial charge in [0.15, 0.2) is 0 Å². The summed E-state index contributed by atoms with van der Waals surface area (Å²) in [5.74, 6) is -1.13. The van der Waals surface area contributed by atoms with Crippen LogP contribution in [-0.2, 0) is 21.0 Å². The fourth-order valence-corrected chi connectivity index (χ4v) is 0.513. The summed E-state index contributed by atoms with van der Waals surface area (Å²) >= 11 is 1.06. The third kappa shape index (κ3) is 10.7. The first-order valence-electron chi connectivity index (χ1n) is 3.17. The fourth-order valence-electron chi connectivity index (χ4n) is 0.513. The normalized spacial score (nSPS) is 6.69. The van der Waals surface area contributed by atoms with Gasteiger partial charge in [-0.05, 0) is 12.1 Å². The van der Waals surface area contributed by atoms with Gasteiger partial charge in [-0.2, -0.15) is 0 Å². The number of nitrogens with zero attached hydrogens (tertiary/aromatic N) is 1. The molecule has 1 aromatic rings. The van der Waals surface area contributed by atoms with Gasteiger partial charge in [0.25, 0.3) is 0 Å². The van der Waals surface area contributed by atoms with Gasteiger partial charge < -0.3 is 10.2 Å². The van der Waals surface area contributed by atoms with Gasteiger partial charge in [0.2, 0.25) is 0 Å². The average molecular weight is 274 g/mol. The summed E-state index contributed by atoms with van der Waals surface area (Å²) in [6.07, 6.45) is 1.09. The SMILES string of the molecule is O=C(O)c1ccc(O)cn1.OO.OO.[O]=[V]. The Morgan fingerprint density at radius 1 is 1.12 bits per heavy atom. The predicted octanol–water partition coefficient (Wildman–Crippen LogP) is 0.399. The molecule has 0 aliphatic heterocycles. The first kappa shape index (κ1) is 20.1. The van der Waals surface area contributed by atoms with Crippen LogP contribution in [0.3, 0.4) is 0 Å². The van der Waals surface area contributed by atoms with Crippen LogP contribution in [-0.4, -0.2) is 42.2 Å². The van der Waals surface area contributed by atoms with E-state index < -0.39 is 5.97 Å². The summed E-state index contributed by atoms with van der Waals surface area (Å²) in [6.45, 7) is 0. The van der Waals surface area contributed by atoms with Crippen LogP contribution in [0.4, 0.5) is 0 Å². The summed E-state index contributed by atoms with van der Waals surface area (Å²) in [7, 11) is 0. The van der Waals surface area contributed by atoms with E-state index in [1.165, 1.54) is 12.1 Å². The molecule has 1 rings (SSSR count). The van der Waals surface area contributed by atoms with Crippen molar-refractivity contribution in [2.24, 2.45) is 0 Å². The van der Waals surface area contributed by atoms with Crippen LogP contribution in [0.5, 0.6) is 5.75 Å². The Bertz CT molecular complexity index is 266. The molecule has 0 amide bonds. The number of pyridine rings is 1. The van der Waals surface area contributed by atoms with Crippen molar-refractivity contribution < 1.29 is 57.1 Å². The molecule has 0 spiro atoms. The number of rotatable bonds is 1. The molecule has 16 heavy (non-hydrogen) atoms.